The van der Waals surface area contributed by atoms with Gasteiger partial charge in [-0.1, -0.05) is 13.3 Å². The van der Waals surface area contributed by atoms with Crippen LogP contribution in [0.1, 0.15) is 26.2 Å². The van der Waals surface area contributed by atoms with Gasteiger partial charge in [-0.05, 0) is 12.8 Å². The molecule has 0 rings (SSSR count). The number of carbonyl (C=O) groups excluding carboxylic acids is 1. The molecule has 1 unspecified atom stereocenters. The number of carboxylic acid groups (broad SMARTS) is 1. The highest BCUT2D eigenvalue weighted by Gasteiger charge is 2.23. The predicted molar refractivity (Wildman–Crippen MR) is 66.8 cm³/mol. The van der Waals surface area contributed by atoms with E-state index in [4.69, 9.17) is 10.8 Å². The van der Waals surface area contributed by atoms with E-state index < -0.39 is 33.8 Å². The van der Waals surface area contributed by atoms with Gasteiger partial charge in [0, 0.05) is 6.26 Å². The van der Waals surface area contributed by atoms with E-state index in [1.165, 1.54) is 0 Å². The molecule has 7 nitrogen and oxygen atoms in total. The first-order valence-electron chi connectivity index (χ1n) is 5.64. The fraction of sp³-hybridized carbons (Fsp3) is 0.800. The molecule has 0 saturated heterocycles. The highest BCUT2D eigenvalue weighted by molar-refractivity contribution is 7.90. The second-order valence-corrected chi connectivity index (χ2v) is 6.47. The Kier molecular flexibility index (Phi) is 6.85. The molecule has 0 fully saturated rings. The zero-order valence-corrected chi connectivity index (χ0v) is 11.4. The highest BCUT2D eigenvalue weighted by atomic mass is 32.2. The summed E-state index contributed by atoms with van der Waals surface area (Å²) in [6.45, 7) is 1.80. The Bertz CT molecular complexity index is 393. The molecule has 8 heteroatoms. The van der Waals surface area contributed by atoms with Gasteiger partial charge in [-0.2, -0.15) is 0 Å². The number of hydrogen-bond acceptors (Lipinski definition) is 5. The number of hydrogen-bond donors (Lipinski definition) is 3. The van der Waals surface area contributed by atoms with E-state index in [1.54, 1.807) is 6.92 Å². The summed E-state index contributed by atoms with van der Waals surface area (Å²) in [5.41, 5.74) is 5.50. The molecule has 0 aliphatic carbocycles. The molecule has 2 atom stereocenters. The normalized spacial score (nSPS) is 14.8. The molecule has 0 aliphatic rings. The van der Waals surface area contributed by atoms with Crippen LogP contribution >= 0.6 is 0 Å². The summed E-state index contributed by atoms with van der Waals surface area (Å²) < 4.78 is 21.8. The number of sulfone groups is 1. The maximum Gasteiger partial charge on any atom is 0.326 e. The summed E-state index contributed by atoms with van der Waals surface area (Å²) in [6.07, 6.45) is 1.94. The first-order valence-corrected chi connectivity index (χ1v) is 7.70. The lowest BCUT2D eigenvalue weighted by atomic mass is 10.1. The van der Waals surface area contributed by atoms with Gasteiger partial charge in [-0.3, -0.25) is 4.79 Å². The minimum absolute atomic E-state index is 0.0247. The van der Waals surface area contributed by atoms with Gasteiger partial charge in [0.1, 0.15) is 15.9 Å². The van der Waals surface area contributed by atoms with Crippen LogP contribution in [0.3, 0.4) is 0 Å². The van der Waals surface area contributed by atoms with Gasteiger partial charge in [-0.25, -0.2) is 13.2 Å². The fourth-order valence-corrected chi connectivity index (χ4v) is 1.98. The Labute approximate surface area is 107 Å². The van der Waals surface area contributed by atoms with Crippen LogP contribution in [0.5, 0.6) is 0 Å². The quantitative estimate of drug-likeness (QED) is 0.530. The van der Waals surface area contributed by atoms with Crippen molar-refractivity contribution >= 4 is 21.7 Å². The van der Waals surface area contributed by atoms with Gasteiger partial charge in [-0.15, -0.1) is 0 Å². The highest BCUT2D eigenvalue weighted by Crippen LogP contribution is 1.99. The van der Waals surface area contributed by atoms with Crippen LogP contribution in [0.2, 0.25) is 0 Å². The number of nitrogens with one attached hydrogen (secondary N) is 1. The zero-order valence-electron chi connectivity index (χ0n) is 10.5. The molecular formula is C10H20N2O5S. The zero-order chi connectivity index (χ0) is 14.3. The topological polar surface area (TPSA) is 127 Å². The van der Waals surface area contributed by atoms with Gasteiger partial charge < -0.3 is 16.2 Å². The fourth-order valence-electron chi connectivity index (χ4n) is 1.30. The Morgan fingerprint density at radius 1 is 1.33 bits per heavy atom. The molecule has 0 bridgehead atoms. The summed E-state index contributed by atoms with van der Waals surface area (Å²) in [7, 11) is -3.18. The number of carbonyl (C=O) groups is 2. The van der Waals surface area contributed by atoms with Crippen molar-refractivity contribution in [3.8, 4) is 0 Å². The van der Waals surface area contributed by atoms with Gasteiger partial charge in [0.05, 0.1) is 11.8 Å². The summed E-state index contributed by atoms with van der Waals surface area (Å²) in [4.78, 5) is 22.4. The third-order valence-corrected chi connectivity index (χ3v) is 3.31. The third-order valence-electron chi connectivity index (χ3n) is 2.33. The molecule has 0 radical (unpaired) electrons. The van der Waals surface area contributed by atoms with Crippen LogP contribution in [0.4, 0.5) is 0 Å². The van der Waals surface area contributed by atoms with Gasteiger partial charge >= 0.3 is 5.97 Å². The van der Waals surface area contributed by atoms with Crippen LogP contribution in [-0.4, -0.2) is 49.5 Å². The second kappa shape index (κ2) is 7.32. The number of rotatable bonds is 8. The molecule has 4 N–H and O–H groups in total. The van der Waals surface area contributed by atoms with Gasteiger partial charge in [0.2, 0.25) is 5.91 Å². The lowest BCUT2D eigenvalue weighted by Gasteiger charge is -2.17. The van der Waals surface area contributed by atoms with E-state index in [0.29, 0.717) is 12.8 Å². The number of carboxylic acids is 1. The van der Waals surface area contributed by atoms with Crippen molar-refractivity contribution in [2.45, 2.75) is 38.3 Å². The monoisotopic (exact) mass is 280 g/mol. The SMILES string of the molecule is CCC[C@H](NC(=O)C(N)CCS(C)(=O)=O)C(=O)O. The smallest absolute Gasteiger partial charge is 0.326 e. The van der Waals surface area contributed by atoms with E-state index in [1.807, 2.05) is 0 Å². The van der Waals surface area contributed by atoms with Crippen LogP contribution in [0.15, 0.2) is 0 Å². The van der Waals surface area contributed by atoms with E-state index >= 15 is 0 Å². The average molecular weight is 280 g/mol. The maximum atomic E-state index is 11.6. The molecule has 18 heavy (non-hydrogen) atoms. The Morgan fingerprint density at radius 2 is 1.89 bits per heavy atom. The van der Waals surface area contributed by atoms with Crippen molar-refractivity contribution in [3.63, 3.8) is 0 Å². The molecule has 0 aromatic rings. The molecule has 0 heterocycles. The molecule has 0 aromatic carbocycles. The van der Waals surface area contributed by atoms with Gasteiger partial charge in [0.25, 0.3) is 0 Å². The predicted octanol–water partition coefficient (Wildman–Crippen LogP) is -0.882. The second-order valence-electron chi connectivity index (χ2n) is 4.21. The molecule has 106 valence electrons. The lowest BCUT2D eigenvalue weighted by Crippen LogP contribution is -2.48. The largest absolute Gasteiger partial charge is 0.480 e. The van der Waals surface area contributed by atoms with Crippen molar-refractivity contribution in [3.05, 3.63) is 0 Å². The van der Waals surface area contributed by atoms with E-state index in [9.17, 15) is 18.0 Å². The molecular weight excluding hydrogens is 260 g/mol. The van der Waals surface area contributed by atoms with Crippen molar-refractivity contribution in [1.29, 1.82) is 0 Å². The van der Waals surface area contributed by atoms with E-state index in [2.05, 4.69) is 5.32 Å². The third kappa shape index (κ3) is 7.23. The summed E-state index contributed by atoms with van der Waals surface area (Å²) in [5.74, 6) is -1.97. The van der Waals surface area contributed by atoms with Crippen molar-refractivity contribution in [1.82, 2.24) is 5.32 Å². The van der Waals surface area contributed by atoms with E-state index in [-0.39, 0.29) is 12.2 Å². The lowest BCUT2D eigenvalue weighted by molar-refractivity contribution is -0.142. The van der Waals surface area contributed by atoms with E-state index in [0.717, 1.165) is 6.26 Å². The number of nitrogens with two attached hydrogens (primary N) is 1. The van der Waals surface area contributed by atoms with Crippen LogP contribution in [0, 0.1) is 0 Å². The molecule has 0 aliphatic heterocycles. The van der Waals surface area contributed by atoms with Crippen molar-refractivity contribution in [2.75, 3.05) is 12.0 Å². The summed E-state index contributed by atoms with van der Waals surface area (Å²) in [5, 5.41) is 11.1. The van der Waals surface area contributed by atoms with Gasteiger partial charge in [0.15, 0.2) is 0 Å². The van der Waals surface area contributed by atoms with Crippen LogP contribution < -0.4 is 11.1 Å². The molecule has 0 spiro atoms. The number of amides is 1. The molecule has 1 amide bonds. The molecule has 0 aromatic heterocycles. The van der Waals surface area contributed by atoms with Crippen LogP contribution in [-0.2, 0) is 19.4 Å². The van der Waals surface area contributed by atoms with Crippen LogP contribution in [0.25, 0.3) is 0 Å². The Hall–Kier alpha value is -1.15. The average Bonchev–Trinajstić information content (AvgIpc) is 2.23. The maximum absolute atomic E-state index is 11.6. The summed E-state index contributed by atoms with van der Waals surface area (Å²) >= 11 is 0. The molecule has 0 saturated carbocycles. The minimum atomic E-state index is -3.18. The Balaban J connectivity index is 4.33. The first kappa shape index (κ1) is 16.9. The Morgan fingerprint density at radius 3 is 2.28 bits per heavy atom. The van der Waals surface area contributed by atoms with Crippen molar-refractivity contribution in [2.24, 2.45) is 5.73 Å². The van der Waals surface area contributed by atoms with Crippen molar-refractivity contribution < 1.29 is 23.1 Å². The number of aliphatic carboxylic acids is 1. The summed E-state index contributed by atoms with van der Waals surface area (Å²) in [6, 6.07) is -2.00. The minimum Gasteiger partial charge on any atom is -0.480 e. The first-order chi connectivity index (χ1) is 8.17. The standard InChI is InChI=1S/C10H20N2O5S/c1-3-4-8(10(14)15)12-9(13)7(11)5-6-18(2,16)17/h7-8H,3-6,11H2,1-2H3,(H,12,13)(H,14,15)/t7?,8-/m0/s1.